The smallest absolute Gasteiger partial charge is 0.327 e. The molecule has 1 atom stereocenters. The Balaban J connectivity index is 2.27. The second-order valence-electron chi connectivity index (χ2n) is 5.51. The summed E-state index contributed by atoms with van der Waals surface area (Å²) in [6.45, 7) is 5.86. The molecule has 0 unspecified atom stereocenters. The van der Waals surface area contributed by atoms with Crippen LogP contribution in [0.5, 0.6) is 0 Å². The fourth-order valence-electron chi connectivity index (χ4n) is 2.02. The monoisotopic (exact) mass is 247 g/mol. The first kappa shape index (κ1) is 12.6. The van der Waals surface area contributed by atoms with Crippen molar-refractivity contribution < 1.29 is 14.3 Å². The molecule has 0 spiro atoms. The summed E-state index contributed by atoms with van der Waals surface area (Å²) in [7, 11) is 0. The highest BCUT2D eigenvalue weighted by Gasteiger charge is 2.43. The molecule has 0 radical (unpaired) electrons. The summed E-state index contributed by atoms with van der Waals surface area (Å²) in [5.74, 6) is -0.513. The zero-order valence-electron chi connectivity index (χ0n) is 10.8. The van der Waals surface area contributed by atoms with Gasteiger partial charge in [-0.1, -0.05) is 39.0 Å². The third-order valence-electron chi connectivity index (χ3n) is 2.85. The van der Waals surface area contributed by atoms with Gasteiger partial charge in [-0.2, -0.15) is 0 Å². The van der Waals surface area contributed by atoms with Crippen LogP contribution in [0.2, 0.25) is 0 Å². The van der Waals surface area contributed by atoms with Crippen LogP contribution in [0.1, 0.15) is 31.1 Å². The zero-order chi connectivity index (χ0) is 13.3. The molecule has 0 N–H and O–H groups in total. The Labute approximate surface area is 107 Å². The van der Waals surface area contributed by atoms with Crippen LogP contribution >= 0.6 is 0 Å². The number of nitrogens with zero attached hydrogens (tertiary/aromatic N) is 1. The highest BCUT2D eigenvalue weighted by molar-refractivity contribution is 5.97. The molecule has 0 bridgehead atoms. The molecule has 1 aliphatic rings. The van der Waals surface area contributed by atoms with Gasteiger partial charge in [0, 0.05) is 11.0 Å². The fourth-order valence-corrected chi connectivity index (χ4v) is 2.02. The van der Waals surface area contributed by atoms with Gasteiger partial charge in [-0.25, -0.2) is 0 Å². The molecule has 96 valence electrons. The van der Waals surface area contributed by atoms with Crippen molar-refractivity contribution in [1.29, 1.82) is 0 Å². The van der Waals surface area contributed by atoms with E-state index in [9.17, 15) is 9.59 Å². The molecule has 1 amide bonds. The van der Waals surface area contributed by atoms with Crippen LogP contribution in [0.4, 0.5) is 0 Å². The molecule has 0 aromatic heterocycles. The lowest BCUT2D eigenvalue weighted by atomic mass is 9.93. The maximum atomic E-state index is 12.3. The van der Waals surface area contributed by atoms with Crippen LogP contribution in [0.15, 0.2) is 30.3 Å². The average molecular weight is 247 g/mol. The van der Waals surface area contributed by atoms with Gasteiger partial charge in [-0.15, -0.1) is 0 Å². The summed E-state index contributed by atoms with van der Waals surface area (Å²) in [6.07, 6.45) is -0.502. The minimum absolute atomic E-state index is 0.0235. The van der Waals surface area contributed by atoms with Gasteiger partial charge in [0.25, 0.3) is 5.91 Å². The van der Waals surface area contributed by atoms with Crippen molar-refractivity contribution in [1.82, 2.24) is 4.90 Å². The van der Waals surface area contributed by atoms with Gasteiger partial charge in [0.2, 0.25) is 0 Å². The maximum absolute atomic E-state index is 12.3. The Kier molecular flexibility index (Phi) is 3.11. The summed E-state index contributed by atoms with van der Waals surface area (Å²) >= 11 is 0. The van der Waals surface area contributed by atoms with Gasteiger partial charge in [0.1, 0.15) is 6.54 Å². The van der Waals surface area contributed by atoms with Gasteiger partial charge in [0.15, 0.2) is 6.23 Å². The van der Waals surface area contributed by atoms with E-state index < -0.39 is 6.23 Å². The summed E-state index contributed by atoms with van der Waals surface area (Å²) in [4.78, 5) is 25.3. The minimum Gasteiger partial charge on any atom is -0.440 e. The van der Waals surface area contributed by atoms with E-state index in [0.29, 0.717) is 5.56 Å². The molecule has 1 heterocycles. The number of carbonyl (C=O) groups excluding carboxylic acids is 2. The van der Waals surface area contributed by atoms with Crippen molar-refractivity contribution in [3.8, 4) is 0 Å². The third-order valence-corrected chi connectivity index (χ3v) is 2.85. The van der Waals surface area contributed by atoms with Crippen molar-refractivity contribution in [2.24, 2.45) is 5.41 Å². The topological polar surface area (TPSA) is 46.6 Å². The minimum atomic E-state index is -0.502. The molecule has 4 nitrogen and oxygen atoms in total. The largest absolute Gasteiger partial charge is 0.440 e. The van der Waals surface area contributed by atoms with Gasteiger partial charge < -0.3 is 4.74 Å². The second-order valence-corrected chi connectivity index (χ2v) is 5.51. The number of ether oxygens (including phenoxy) is 1. The van der Waals surface area contributed by atoms with E-state index in [4.69, 9.17) is 4.74 Å². The highest BCUT2D eigenvalue weighted by atomic mass is 16.6. The first-order chi connectivity index (χ1) is 8.39. The van der Waals surface area contributed by atoms with Crippen LogP contribution in [0, 0.1) is 5.41 Å². The fraction of sp³-hybridized carbons (Fsp3) is 0.429. The molecular formula is C14H17NO3. The zero-order valence-corrected chi connectivity index (χ0v) is 10.8. The van der Waals surface area contributed by atoms with Crippen molar-refractivity contribution in [3.05, 3.63) is 35.9 Å². The number of amides is 1. The van der Waals surface area contributed by atoms with E-state index in [0.717, 1.165) is 0 Å². The van der Waals surface area contributed by atoms with E-state index in [-0.39, 0.29) is 23.8 Å². The molecule has 1 aliphatic heterocycles. The summed E-state index contributed by atoms with van der Waals surface area (Å²) < 4.78 is 5.25. The lowest BCUT2D eigenvalue weighted by Crippen LogP contribution is -2.43. The SMILES string of the molecule is CC(C)(C)[C@H]1OC(=O)CN1C(=O)c1ccccc1. The predicted molar refractivity (Wildman–Crippen MR) is 66.8 cm³/mol. The summed E-state index contributed by atoms with van der Waals surface area (Å²) in [5, 5.41) is 0. The van der Waals surface area contributed by atoms with E-state index >= 15 is 0 Å². The average Bonchev–Trinajstić information content (AvgIpc) is 2.71. The maximum Gasteiger partial charge on any atom is 0.327 e. The number of hydrogen-bond donors (Lipinski definition) is 0. The molecule has 0 saturated carbocycles. The van der Waals surface area contributed by atoms with Crippen LogP contribution < -0.4 is 0 Å². The summed E-state index contributed by atoms with van der Waals surface area (Å²) in [6, 6.07) is 8.94. The Morgan fingerprint density at radius 3 is 2.44 bits per heavy atom. The number of esters is 1. The molecule has 1 fully saturated rings. The normalized spacial score (nSPS) is 19.8. The van der Waals surface area contributed by atoms with Gasteiger partial charge in [-0.3, -0.25) is 14.5 Å². The Bertz CT molecular complexity index is 462. The lowest BCUT2D eigenvalue weighted by molar-refractivity contribution is -0.146. The molecule has 4 heteroatoms. The van der Waals surface area contributed by atoms with Crippen LogP contribution in [0.3, 0.4) is 0 Å². The van der Waals surface area contributed by atoms with Crippen molar-refractivity contribution in [3.63, 3.8) is 0 Å². The first-order valence-electron chi connectivity index (χ1n) is 5.95. The highest BCUT2D eigenvalue weighted by Crippen LogP contribution is 2.30. The predicted octanol–water partition coefficient (Wildman–Crippen LogP) is 2.06. The molecule has 1 aromatic rings. The Morgan fingerprint density at radius 1 is 1.28 bits per heavy atom. The Morgan fingerprint density at radius 2 is 1.89 bits per heavy atom. The lowest BCUT2D eigenvalue weighted by Gasteiger charge is -2.32. The van der Waals surface area contributed by atoms with E-state index in [1.807, 2.05) is 26.8 Å². The van der Waals surface area contributed by atoms with Crippen LogP contribution in [-0.4, -0.2) is 29.5 Å². The first-order valence-corrected chi connectivity index (χ1v) is 5.95. The standard InChI is InChI=1S/C14H17NO3/c1-14(2,3)13-15(9-11(16)18-13)12(17)10-7-5-4-6-8-10/h4-8,13H,9H2,1-3H3/t13-/m1/s1. The van der Waals surface area contributed by atoms with Gasteiger partial charge in [0.05, 0.1) is 0 Å². The number of hydrogen-bond acceptors (Lipinski definition) is 3. The third kappa shape index (κ3) is 2.37. The quantitative estimate of drug-likeness (QED) is 0.714. The number of rotatable bonds is 1. The number of cyclic esters (lactones) is 1. The van der Waals surface area contributed by atoms with Gasteiger partial charge in [-0.05, 0) is 12.1 Å². The van der Waals surface area contributed by atoms with Crippen molar-refractivity contribution in [2.75, 3.05) is 6.54 Å². The molecular weight excluding hydrogens is 230 g/mol. The Hall–Kier alpha value is -1.84. The second kappa shape index (κ2) is 4.44. The summed E-state index contributed by atoms with van der Waals surface area (Å²) in [5.41, 5.74) is 0.279. The molecule has 2 rings (SSSR count). The van der Waals surface area contributed by atoms with Crippen LogP contribution in [0.25, 0.3) is 0 Å². The van der Waals surface area contributed by atoms with Crippen LogP contribution in [-0.2, 0) is 9.53 Å². The van der Waals surface area contributed by atoms with Gasteiger partial charge >= 0.3 is 5.97 Å². The molecule has 1 saturated heterocycles. The number of carbonyl (C=O) groups is 2. The molecule has 1 aromatic carbocycles. The molecule has 18 heavy (non-hydrogen) atoms. The van der Waals surface area contributed by atoms with Crippen molar-refractivity contribution >= 4 is 11.9 Å². The molecule has 0 aliphatic carbocycles. The van der Waals surface area contributed by atoms with E-state index in [1.165, 1.54) is 4.90 Å². The number of benzene rings is 1. The van der Waals surface area contributed by atoms with Crippen molar-refractivity contribution in [2.45, 2.75) is 27.0 Å². The van der Waals surface area contributed by atoms with E-state index in [1.54, 1.807) is 24.3 Å². The van der Waals surface area contributed by atoms with E-state index in [2.05, 4.69) is 0 Å².